The molecule has 3 heterocycles. The lowest BCUT2D eigenvalue weighted by atomic mass is 10.2. The van der Waals surface area contributed by atoms with Gasteiger partial charge in [0.05, 0.1) is 29.6 Å². The molecule has 0 radical (unpaired) electrons. The maximum absolute atomic E-state index is 12.4. The average Bonchev–Trinajstić information content (AvgIpc) is 3.39. The topological polar surface area (TPSA) is 86.9 Å². The van der Waals surface area contributed by atoms with Gasteiger partial charge in [-0.25, -0.2) is 4.68 Å². The van der Waals surface area contributed by atoms with Gasteiger partial charge in [-0.05, 0) is 31.5 Å². The number of ether oxygens (including phenoxy) is 1. The standard InChI is InChI=1S/C20H23ClN6O2/c1-12-6-15(26(2)24-12)10-23-18-8-19(25-27(3)20(18)28)29-11-13-7-16(13)17-5-4-14(21)9-22-17/h4-6,8-9,13,16,23H,7,10-11H2,1-3H3. The Morgan fingerprint density at radius 1 is 1.24 bits per heavy atom. The van der Waals surface area contributed by atoms with Gasteiger partial charge in [0.2, 0.25) is 5.88 Å². The zero-order valence-corrected chi connectivity index (χ0v) is 17.3. The molecule has 9 heteroatoms. The van der Waals surface area contributed by atoms with Gasteiger partial charge in [0.25, 0.3) is 5.56 Å². The summed E-state index contributed by atoms with van der Waals surface area (Å²) in [5, 5.41) is 12.3. The Hall–Kier alpha value is -2.87. The molecule has 29 heavy (non-hydrogen) atoms. The van der Waals surface area contributed by atoms with Crippen LogP contribution in [0.5, 0.6) is 5.88 Å². The molecule has 0 aromatic carbocycles. The van der Waals surface area contributed by atoms with E-state index in [9.17, 15) is 4.79 Å². The molecule has 2 atom stereocenters. The number of pyridine rings is 1. The largest absolute Gasteiger partial charge is 0.476 e. The van der Waals surface area contributed by atoms with Crippen molar-refractivity contribution in [1.82, 2.24) is 24.5 Å². The van der Waals surface area contributed by atoms with E-state index in [0.29, 0.717) is 41.6 Å². The first-order valence-electron chi connectivity index (χ1n) is 9.46. The second-order valence-electron chi connectivity index (χ2n) is 7.39. The van der Waals surface area contributed by atoms with E-state index >= 15 is 0 Å². The van der Waals surface area contributed by atoms with Crippen molar-refractivity contribution in [1.29, 1.82) is 0 Å². The number of nitrogens with zero attached hydrogens (tertiary/aromatic N) is 5. The highest BCUT2D eigenvalue weighted by Crippen LogP contribution is 2.46. The summed E-state index contributed by atoms with van der Waals surface area (Å²) in [5.74, 6) is 1.19. The summed E-state index contributed by atoms with van der Waals surface area (Å²) in [7, 11) is 3.50. The molecule has 152 valence electrons. The normalized spacial score (nSPS) is 17.9. The van der Waals surface area contributed by atoms with Crippen LogP contribution >= 0.6 is 11.6 Å². The fourth-order valence-electron chi connectivity index (χ4n) is 3.39. The van der Waals surface area contributed by atoms with Crippen molar-refractivity contribution in [3.63, 3.8) is 0 Å². The van der Waals surface area contributed by atoms with E-state index in [-0.39, 0.29) is 5.56 Å². The first kappa shape index (κ1) is 19.4. The van der Waals surface area contributed by atoms with Crippen molar-refractivity contribution < 1.29 is 4.74 Å². The van der Waals surface area contributed by atoms with Crippen molar-refractivity contribution >= 4 is 17.3 Å². The highest BCUT2D eigenvalue weighted by atomic mass is 35.5. The van der Waals surface area contributed by atoms with E-state index in [1.165, 1.54) is 4.68 Å². The third-order valence-electron chi connectivity index (χ3n) is 5.10. The molecule has 1 fully saturated rings. The lowest BCUT2D eigenvalue weighted by Crippen LogP contribution is -2.24. The summed E-state index contributed by atoms with van der Waals surface area (Å²) in [4.78, 5) is 16.8. The first-order valence-corrected chi connectivity index (χ1v) is 9.84. The quantitative estimate of drug-likeness (QED) is 0.639. The minimum absolute atomic E-state index is 0.203. The minimum Gasteiger partial charge on any atom is -0.476 e. The Labute approximate surface area is 173 Å². The highest BCUT2D eigenvalue weighted by molar-refractivity contribution is 6.30. The maximum Gasteiger partial charge on any atom is 0.290 e. The number of aryl methyl sites for hydroxylation is 3. The summed E-state index contributed by atoms with van der Waals surface area (Å²) in [5.41, 5.74) is 3.20. The van der Waals surface area contributed by atoms with Crippen molar-refractivity contribution in [2.75, 3.05) is 11.9 Å². The SMILES string of the molecule is Cc1cc(CNc2cc(OCC3CC3c3ccc(Cl)cn3)nn(C)c2=O)n(C)n1. The molecule has 1 N–H and O–H groups in total. The van der Waals surface area contributed by atoms with Crippen LogP contribution in [0.3, 0.4) is 0 Å². The van der Waals surface area contributed by atoms with Gasteiger partial charge in [-0.3, -0.25) is 14.5 Å². The molecular formula is C20H23ClN6O2. The molecule has 1 saturated carbocycles. The summed E-state index contributed by atoms with van der Waals surface area (Å²) in [6.07, 6.45) is 2.69. The molecule has 0 bridgehead atoms. The third kappa shape index (κ3) is 4.42. The van der Waals surface area contributed by atoms with Gasteiger partial charge >= 0.3 is 0 Å². The fraction of sp³-hybridized carbons (Fsp3) is 0.400. The van der Waals surface area contributed by atoms with E-state index in [1.54, 1.807) is 24.0 Å². The lowest BCUT2D eigenvalue weighted by molar-refractivity contribution is 0.278. The van der Waals surface area contributed by atoms with Crippen LogP contribution in [0.2, 0.25) is 5.02 Å². The number of hydrogen-bond donors (Lipinski definition) is 1. The van der Waals surface area contributed by atoms with Gasteiger partial charge in [-0.2, -0.15) is 5.10 Å². The number of aromatic nitrogens is 5. The van der Waals surface area contributed by atoms with Gasteiger partial charge in [0.15, 0.2) is 0 Å². The Balaban J connectivity index is 1.39. The zero-order chi connectivity index (χ0) is 20.5. The number of anilines is 1. The van der Waals surface area contributed by atoms with E-state index in [0.717, 1.165) is 23.5 Å². The van der Waals surface area contributed by atoms with Crippen LogP contribution < -0.4 is 15.6 Å². The first-order chi connectivity index (χ1) is 13.9. The third-order valence-corrected chi connectivity index (χ3v) is 5.32. The van der Waals surface area contributed by atoms with Crippen LogP contribution in [-0.4, -0.2) is 31.2 Å². The van der Waals surface area contributed by atoms with E-state index < -0.39 is 0 Å². The molecule has 3 aromatic heterocycles. The van der Waals surface area contributed by atoms with E-state index in [2.05, 4.69) is 20.5 Å². The zero-order valence-electron chi connectivity index (χ0n) is 16.6. The molecule has 0 amide bonds. The minimum atomic E-state index is -0.203. The second kappa shape index (κ2) is 7.87. The fourth-order valence-corrected chi connectivity index (χ4v) is 3.50. The van der Waals surface area contributed by atoms with Gasteiger partial charge in [-0.1, -0.05) is 11.6 Å². The monoisotopic (exact) mass is 414 g/mol. The Morgan fingerprint density at radius 2 is 2.07 bits per heavy atom. The Morgan fingerprint density at radius 3 is 2.76 bits per heavy atom. The van der Waals surface area contributed by atoms with Gasteiger partial charge in [-0.15, -0.1) is 5.10 Å². The second-order valence-corrected chi connectivity index (χ2v) is 7.83. The molecule has 2 unspecified atom stereocenters. The van der Waals surface area contributed by atoms with Crippen LogP contribution in [0.25, 0.3) is 0 Å². The maximum atomic E-state index is 12.4. The molecule has 1 aliphatic rings. The van der Waals surface area contributed by atoms with E-state index in [1.807, 2.05) is 32.2 Å². The number of hydrogen-bond acceptors (Lipinski definition) is 6. The molecule has 3 aromatic rings. The summed E-state index contributed by atoms with van der Waals surface area (Å²) in [6.45, 7) is 2.95. The molecule has 8 nitrogen and oxygen atoms in total. The Bertz CT molecular complexity index is 1080. The van der Waals surface area contributed by atoms with Crippen LogP contribution in [0, 0.1) is 12.8 Å². The molecule has 0 spiro atoms. The summed E-state index contributed by atoms with van der Waals surface area (Å²) in [6, 6.07) is 7.45. The van der Waals surface area contributed by atoms with Crippen LogP contribution in [0.4, 0.5) is 5.69 Å². The lowest BCUT2D eigenvalue weighted by Gasteiger charge is -2.11. The molecule has 0 aliphatic heterocycles. The van der Waals surface area contributed by atoms with E-state index in [4.69, 9.17) is 16.3 Å². The van der Waals surface area contributed by atoms with Crippen molar-refractivity contribution in [2.45, 2.75) is 25.8 Å². The highest BCUT2D eigenvalue weighted by Gasteiger charge is 2.40. The molecule has 1 aliphatic carbocycles. The summed E-state index contributed by atoms with van der Waals surface area (Å²) < 4.78 is 8.96. The van der Waals surface area contributed by atoms with Gasteiger partial charge in [0, 0.05) is 43.9 Å². The van der Waals surface area contributed by atoms with Crippen molar-refractivity contribution in [2.24, 2.45) is 20.0 Å². The average molecular weight is 415 g/mol. The Kier molecular flexibility index (Phi) is 5.27. The summed E-state index contributed by atoms with van der Waals surface area (Å²) >= 11 is 5.90. The van der Waals surface area contributed by atoms with Crippen LogP contribution in [0.15, 0.2) is 35.3 Å². The van der Waals surface area contributed by atoms with Crippen molar-refractivity contribution in [3.8, 4) is 5.88 Å². The van der Waals surface area contributed by atoms with Crippen LogP contribution in [0.1, 0.15) is 29.4 Å². The predicted molar refractivity (Wildman–Crippen MR) is 110 cm³/mol. The molecule has 0 saturated heterocycles. The number of rotatable bonds is 7. The number of halogens is 1. The smallest absolute Gasteiger partial charge is 0.290 e. The predicted octanol–water partition coefficient (Wildman–Crippen LogP) is 2.67. The molecular weight excluding hydrogens is 392 g/mol. The van der Waals surface area contributed by atoms with Crippen molar-refractivity contribution in [3.05, 3.63) is 62.9 Å². The van der Waals surface area contributed by atoms with Gasteiger partial charge < -0.3 is 10.1 Å². The number of nitrogens with one attached hydrogen (secondary N) is 1. The van der Waals surface area contributed by atoms with Gasteiger partial charge in [0.1, 0.15) is 5.69 Å². The molecule has 4 rings (SSSR count). The van der Waals surface area contributed by atoms with Crippen LogP contribution in [-0.2, 0) is 20.6 Å².